The molecule has 0 fully saturated rings. The average molecular weight is 184 g/mol. The average Bonchev–Trinajstić information content (AvgIpc) is 2.06. The van der Waals surface area contributed by atoms with Crippen molar-refractivity contribution in [1.29, 1.82) is 0 Å². The molecule has 0 heterocycles. The minimum atomic E-state index is -4.20. The van der Waals surface area contributed by atoms with Gasteiger partial charge in [-0.05, 0) is 0 Å². The number of hydrogen-bond acceptors (Lipinski definition) is 0. The van der Waals surface area contributed by atoms with Gasteiger partial charge in [-0.3, -0.25) is 8.22 Å². The summed E-state index contributed by atoms with van der Waals surface area (Å²) in [5.74, 6) is 0. The Balaban J connectivity index is 2.89. The number of allylic oxidation sites excluding steroid dienone is 1. The molecule has 0 aliphatic rings. The molecule has 0 saturated heterocycles. The summed E-state index contributed by atoms with van der Waals surface area (Å²) in [5, 5.41) is 0.185. The molecule has 0 N–H and O–H groups in total. The van der Waals surface area contributed by atoms with Crippen LogP contribution in [0.5, 0.6) is 0 Å². The number of benzene rings is 1. The summed E-state index contributed by atoms with van der Waals surface area (Å²) in [6, 6.07) is 7.81. The predicted octanol–water partition coefficient (Wildman–Crippen LogP) is 2.46. The normalized spacial score (nSPS) is 11.2. The van der Waals surface area contributed by atoms with Gasteiger partial charge in [0.05, 0.1) is 0 Å². The Labute approximate surface area is 71.9 Å². The molecule has 12 heavy (non-hydrogen) atoms. The van der Waals surface area contributed by atoms with Gasteiger partial charge < -0.3 is 0 Å². The van der Waals surface area contributed by atoms with Crippen molar-refractivity contribution in [2.45, 2.75) is 6.04 Å². The van der Waals surface area contributed by atoms with Gasteiger partial charge in [0, 0.05) is 11.2 Å². The second-order valence-electron chi connectivity index (χ2n) is 2.56. The zero-order chi connectivity index (χ0) is 9.03. The van der Waals surface area contributed by atoms with Gasteiger partial charge in [-0.1, -0.05) is 36.4 Å². The van der Waals surface area contributed by atoms with Crippen LogP contribution in [0.3, 0.4) is 0 Å². The number of halogens is 2. The largest absolute Gasteiger partial charge is 0.459 e. The third kappa shape index (κ3) is 2.01. The van der Waals surface area contributed by atoms with Crippen LogP contribution in [0.15, 0.2) is 43.0 Å². The van der Waals surface area contributed by atoms with E-state index in [2.05, 4.69) is 6.58 Å². The third-order valence-corrected chi connectivity index (χ3v) is 3.58. The highest BCUT2D eigenvalue weighted by Gasteiger charge is 2.35. The zero-order valence-corrected chi connectivity index (χ0v) is 7.63. The van der Waals surface area contributed by atoms with Crippen molar-refractivity contribution in [3.05, 3.63) is 43.0 Å². The highest BCUT2D eigenvalue weighted by Crippen LogP contribution is 2.13. The van der Waals surface area contributed by atoms with Crippen molar-refractivity contribution < 1.29 is 8.22 Å². The van der Waals surface area contributed by atoms with Gasteiger partial charge in [0.25, 0.3) is 0 Å². The maximum Gasteiger partial charge on any atom is 0.459 e. The molecule has 0 unspecified atom stereocenters. The summed E-state index contributed by atoms with van der Waals surface area (Å²) >= 11 is 0. The van der Waals surface area contributed by atoms with Gasteiger partial charge in [-0.2, -0.15) is 0 Å². The lowest BCUT2D eigenvalue weighted by Gasteiger charge is -2.09. The molecule has 0 nitrogen and oxygen atoms in total. The summed E-state index contributed by atoms with van der Waals surface area (Å²) in [6.45, 7) is 3.33. The summed E-state index contributed by atoms with van der Waals surface area (Å²) in [6.07, 6.45) is 1.29. The molecule has 0 amide bonds. The Bertz CT molecular complexity index is 256. The number of rotatable bonds is 3. The van der Waals surface area contributed by atoms with E-state index in [1.165, 1.54) is 18.2 Å². The van der Waals surface area contributed by atoms with E-state index < -0.39 is 8.74 Å². The van der Waals surface area contributed by atoms with Crippen LogP contribution >= 0.6 is 0 Å². The number of hydrogen-bond donors (Lipinski definition) is 0. The predicted molar refractivity (Wildman–Crippen MR) is 49.1 cm³/mol. The van der Waals surface area contributed by atoms with E-state index in [9.17, 15) is 8.22 Å². The van der Waals surface area contributed by atoms with E-state index in [0.717, 1.165) is 0 Å². The van der Waals surface area contributed by atoms with Crippen LogP contribution in [0, 0.1) is 0 Å². The monoisotopic (exact) mass is 184 g/mol. The van der Waals surface area contributed by atoms with Crippen molar-refractivity contribution in [1.82, 2.24) is 0 Å². The molecule has 0 aliphatic carbocycles. The second kappa shape index (κ2) is 3.63. The van der Waals surface area contributed by atoms with Crippen LogP contribution in [-0.2, 0) is 0 Å². The van der Waals surface area contributed by atoms with Crippen molar-refractivity contribution in [3.8, 4) is 0 Å². The molecule has 1 aromatic rings. The maximum atomic E-state index is 13.2. The molecule has 64 valence electrons. The first-order valence-corrected chi connectivity index (χ1v) is 5.67. The first-order valence-electron chi connectivity index (χ1n) is 3.71. The van der Waals surface area contributed by atoms with E-state index in [1.54, 1.807) is 18.2 Å². The first kappa shape index (κ1) is 9.13. The molecule has 0 radical (unpaired) electrons. The molecular weight excluding hydrogens is 174 g/mol. The summed E-state index contributed by atoms with van der Waals surface area (Å²) in [5.41, 5.74) is 0. The fourth-order valence-corrected chi connectivity index (χ4v) is 2.26. The van der Waals surface area contributed by atoms with Gasteiger partial charge in [-0.25, -0.2) is 0 Å². The van der Waals surface area contributed by atoms with Gasteiger partial charge >= 0.3 is 8.74 Å². The van der Waals surface area contributed by atoms with E-state index in [4.69, 9.17) is 0 Å². The van der Waals surface area contributed by atoms with Crippen molar-refractivity contribution in [3.63, 3.8) is 0 Å². The molecule has 3 heteroatoms. The van der Waals surface area contributed by atoms with Gasteiger partial charge in [0.1, 0.15) is 0 Å². The fraction of sp³-hybridized carbons (Fsp3) is 0.111. The maximum absolute atomic E-state index is 13.2. The van der Waals surface area contributed by atoms with Crippen LogP contribution in [0.4, 0.5) is 8.22 Å². The lowest BCUT2D eigenvalue weighted by atomic mass is 10.4. The minimum absolute atomic E-state index is 0.170. The van der Waals surface area contributed by atoms with Gasteiger partial charge in [0.2, 0.25) is 0 Å². The topological polar surface area (TPSA) is 0 Å². The zero-order valence-electron chi connectivity index (χ0n) is 6.63. The second-order valence-corrected chi connectivity index (χ2v) is 4.96. The molecule has 0 bridgehead atoms. The van der Waals surface area contributed by atoms with E-state index in [0.29, 0.717) is 0 Å². The standard InChI is InChI=1S/C9H10F2Si/c1-2-8-12(10,11)9-6-4-3-5-7-9/h2-7H,1,8H2. The van der Waals surface area contributed by atoms with Crippen LogP contribution in [0.25, 0.3) is 0 Å². The van der Waals surface area contributed by atoms with E-state index >= 15 is 0 Å². The SMILES string of the molecule is C=CC[Si](F)(F)c1ccccc1. The fourth-order valence-electron chi connectivity index (χ4n) is 0.981. The lowest BCUT2D eigenvalue weighted by Crippen LogP contribution is -2.37. The molecule has 0 atom stereocenters. The van der Waals surface area contributed by atoms with E-state index in [1.807, 2.05) is 0 Å². The summed E-state index contributed by atoms with van der Waals surface area (Å²) in [4.78, 5) is 0. The highest BCUT2D eigenvalue weighted by molar-refractivity contribution is 6.80. The Hall–Kier alpha value is -0.963. The molecule has 0 saturated carbocycles. The molecule has 1 rings (SSSR count). The van der Waals surface area contributed by atoms with Crippen molar-refractivity contribution >= 4 is 13.9 Å². The van der Waals surface area contributed by atoms with Crippen LogP contribution in [-0.4, -0.2) is 8.74 Å². The van der Waals surface area contributed by atoms with Crippen molar-refractivity contribution in [2.75, 3.05) is 0 Å². The van der Waals surface area contributed by atoms with E-state index in [-0.39, 0.29) is 11.2 Å². The Morgan fingerprint density at radius 2 is 1.83 bits per heavy atom. The highest BCUT2D eigenvalue weighted by atomic mass is 28.4. The van der Waals surface area contributed by atoms with Crippen LogP contribution < -0.4 is 5.19 Å². The Morgan fingerprint density at radius 1 is 1.25 bits per heavy atom. The van der Waals surface area contributed by atoms with Crippen LogP contribution in [0.1, 0.15) is 0 Å². The molecule has 0 aliphatic heterocycles. The smallest absolute Gasteiger partial charge is 0.264 e. The molecule has 0 spiro atoms. The molecule has 0 aromatic heterocycles. The third-order valence-electron chi connectivity index (χ3n) is 1.60. The summed E-state index contributed by atoms with van der Waals surface area (Å²) in [7, 11) is -4.20. The Morgan fingerprint density at radius 3 is 2.33 bits per heavy atom. The van der Waals surface area contributed by atoms with Crippen LogP contribution in [0.2, 0.25) is 6.04 Å². The minimum Gasteiger partial charge on any atom is -0.264 e. The first-order chi connectivity index (χ1) is 5.67. The molecular formula is C9H10F2Si. The van der Waals surface area contributed by atoms with Gasteiger partial charge in [0.15, 0.2) is 0 Å². The summed E-state index contributed by atoms with van der Waals surface area (Å²) < 4.78 is 26.4. The van der Waals surface area contributed by atoms with Gasteiger partial charge in [-0.15, -0.1) is 6.58 Å². The molecule has 1 aromatic carbocycles. The lowest BCUT2D eigenvalue weighted by molar-refractivity contribution is 0.631. The van der Waals surface area contributed by atoms with Crippen molar-refractivity contribution in [2.24, 2.45) is 0 Å². The quantitative estimate of drug-likeness (QED) is 0.384. The Kier molecular flexibility index (Phi) is 2.76.